The van der Waals surface area contributed by atoms with Crippen molar-refractivity contribution in [1.82, 2.24) is 5.01 Å². The van der Waals surface area contributed by atoms with Crippen LogP contribution < -0.4 is 4.74 Å². The molecule has 1 atom stereocenters. The first-order valence-corrected chi connectivity index (χ1v) is 8.19. The summed E-state index contributed by atoms with van der Waals surface area (Å²) < 4.78 is 6.12. The maximum Gasteiger partial charge on any atom is 0.192 e. The second-order valence-electron chi connectivity index (χ2n) is 5.82. The fourth-order valence-electron chi connectivity index (χ4n) is 3.03. The SMILES string of the molecule is CC1(C)Oc2ccc(Cl)cc2[C@H]2CC(c3cccs3)=NN21. The van der Waals surface area contributed by atoms with Crippen LogP contribution in [-0.2, 0) is 0 Å². The first-order valence-electron chi connectivity index (χ1n) is 6.94. The molecule has 1 aromatic heterocycles. The van der Waals surface area contributed by atoms with Crippen LogP contribution in [0.15, 0.2) is 40.8 Å². The van der Waals surface area contributed by atoms with Crippen LogP contribution in [0.5, 0.6) is 5.75 Å². The zero-order valence-electron chi connectivity index (χ0n) is 11.8. The van der Waals surface area contributed by atoms with Gasteiger partial charge in [0.15, 0.2) is 5.72 Å². The number of rotatable bonds is 1. The van der Waals surface area contributed by atoms with Crippen LogP contribution in [0.2, 0.25) is 5.02 Å². The Labute approximate surface area is 132 Å². The largest absolute Gasteiger partial charge is 0.467 e. The molecule has 108 valence electrons. The molecule has 1 aromatic carbocycles. The van der Waals surface area contributed by atoms with Crippen LogP contribution in [0.25, 0.3) is 0 Å². The van der Waals surface area contributed by atoms with E-state index in [0.717, 1.165) is 28.5 Å². The number of benzene rings is 1. The highest BCUT2D eigenvalue weighted by molar-refractivity contribution is 7.12. The van der Waals surface area contributed by atoms with Gasteiger partial charge < -0.3 is 4.74 Å². The van der Waals surface area contributed by atoms with Crippen molar-refractivity contribution in [2.45, 2.75) is 32.0 Å². The van der Waals surface area contributed by atoms with Crippen LogP contribution >= 0.6 is 22.9 Å². The number of thiophene rings is 1. The number of halogens is 1. The van der Waals surface area contributed by atoms with Gasteiger partial charge in [-0.15, -0.1) is 11.3 Å². The summed E-state index contributed by atoms with van der Waals surface area (Å²) >= 11 is 7.89. The van der Waals surface area contributed by atoms with E-state index in [1.54, 1.807) is 11.3 Å². The lowest BCUT2D eigenvalue weighted by Gasteiger charge is -2.43. The van der Waals surface area contributed by atoms with E-state index in [0.29, 0.717) is 0 Å². The van der Waals surface area contributed by atoms with Crippen molar-refractivity contribution in [3.05, 3.63) is 51.2 Å². The predicted molar refractivity (Wildman–Crippen MR) is 86.2 cm³/mol. The topological polar surface area (TPSA) is 24.8 Å². The molecule has 3 heterocycles. The summed E-state index contributed by atoms with van der Waals surface area (Å²) in [5.74, 6) is 0.910. The van der Waals surface area contributed by atoms with Crippen LogP contribution in [0.4, 0.5) is 0 Å². The molecule has 0 fully saturated rings. The van der Waals surface area contributed by atoms with Crippen molar-refractivity contribution in [1.29, 1.82) is 0 Å². The molecule has 0 bridgehead atoms. The standard InChI is InChI=1S/C16H15ClN2OS/c1-16(2)19-13(9-12(18-19)15-4-3-7-21-15)11-8-10(17)5-6-14(11)20-16/h3-8,13H,9H2,1-2H3/t13-/m1/s1. The molecule has 21 heavy (non-hydrogen) atoms. The van der Waals surface area contributed by atoms with Crippen LogP contribution in [0, 0.1) is 0 Å². The predicted octanol–water partition coefficient (Wildman–Crippen LogP) is 4.68. The van der Waals surface area contributed by atoms with Crippen LogP contribution in [-0.4, -0.2) is 16.4 Å². The summed E-state index contributed by atoms with van der Waals surface area (Å²) in [6, 6.07) is 10.2. The van der Waals surface area contributed by atoms with Crippen LogP contribution in [0.1, 0.15) is 36.8 Å². The highest BCUT2D eigenvalue weighted by Gasteiger charge is 2.44. The van der Waals surface area contributed by atoms with E-state index in [9.17, 15) is 0 Å². The Bertz CT molecular complexity index is 724. The Morgan fingerprint density at radius 2 is 2.24 bits per heavy atom. The van der Waals surface area contributed by atoms with E-state index >= 15 is 0 Å². The monoisotopic (exact) mass is 318 g/mol. The summed E-state index contributed by atoms with van der Waals surface area (Å²) in [5, 5.41) is 9.72. The van der Waals surface area contributed by atoms with Gasteiger partial charge in [-0.25, -0.2) is 5.01 Å². The summed E-state index contributed by atoms with van der Waals surface area (Å²) in [4.78, 5) is 1.23. The lowest BCUT2D eigenvalue weighted by molar-refractivity contribution is -0.0911. The van der Waals surface area contributed by atoms with E-state index in [2.05, 4.69) is 36.4 Å². The van der Waals surface area contributed by atoms with Crippen molar-refractivity contribution in [3.63, 3.8) is 0 Å². The van der Waals surface area contributed by atoms with Crippen LogP contribution in [0.3, 0.4) is 0 Å². The minimum atomic E-state index is -0.454. The van der Waals surface area contributed by atoms with E-state index in [1.165, 1.54) is 4.88 Å². The Hall–Kier alpha value is -1.52. The first kappa shape index (κ1) is 13.2. The first-order chi connectivity index (χ1) is 10.0. The quantitative estimate of drug-likeness (QED) is 0.762. The van der Waals surface area contributed by atoms with Crippen molar-refractivity contribution >= 4 is 28.6 Å². The molecule has 4 rings (SSSR count). The fraction of sp³-hybridized carbons (Fsp3) is 0.312. The minimum Gasteiger partial charge on any atom is -0.467 e. The number of hydrogen-bond donors (Lipinski definition) is 0. The van der Waals surface area contributed by atoms with Crippen molar-refractivity contribution in [2.24, 2.45) is 5.10 Å². The van der Waals surface area contributed by atoms with E-state index in [-0.39, 0.29) is 6.04 Å². The second-order valence-corrected chi connectivity index (χ2v) is 7.20. The number of hydrogen-bond acceptors (Lipinski definition) is 4. The zero-order chi connectivity index (χ0) is 14.6. The molecule has 0 N–H and O–H groups in total. The summed E-state index contributed by atoms with van der Waals surface area (Å²) in [7, 11) is 0. The highest BCUT2D eigenvalue weighted by atomic mass is 35.5. The number of fused-ring (bicyclic) bond motifs is 3. The molecular weight excluding hydrogens is 304 g/mol. The van der Waals surface area contributed by atoms with Gasteiger partial charge in [-0.2, -0.15) is 5.10 Å². The smallest absolute Gasteiger partial charge is 0.192 e. The van der Waals surface area contributed by atoms with Gasteiger partial charge in [0.2, 0.25) is 0 Å². The van der Waals surface area contributed by atoms with Crippen molar-refractivity contribution < 1.29 is 4.74 Å². The molecule has 0 radical (unpaired) electrons. The molecule has 0 spiro atoms. The molecular formula is C16H15ClN2OS. The highest BCUT2D eigenvalue weighted by Crippen LogP contribution is 2.47. The van der Waals surface area contributed by atoms with Gasteiger partial charge in [0.05, 0.1) is 16.6 Å². The van der Waals surface area contributed by atoms with Gasteiger partial charge in [-0.3, -0.25) is 0 Å². The third kappa shape index (κ3) is 2.05. The van der Waals surface area contributed by atoms with E-state index in [1.807, 2.05) is 18.2 Å². The molecule has 0 saturated carbocycles. The normalized spacial score (nSPS) is 22.3. The second kappa shape index (κ2) is 4.49. The van der Waals surface area contributed by atoms with Gasteiger partial charge in [-0.1, -0.05) is 17.7 Å². The Morgan fingerprint density at radius 3 is 3.00 bits per heavy atom. The molecule has 3 nitrogen and oxygen atoms in total. The molecule has 0 unspecified atom stereocenters. The molecule has 2 aromatic rings. The molecule has 2 aliphatic heterocycles. The number of ether oxygens (including phenoxy) is 1. The Kier molecular flexibility index (Phi) is 2.81. The number of nitrogens with zero attached hydrogens (tertiary/aromatic N) is 2. The van der Waals surface area contributed by atoms with Gasteiger partial charge in [0.25, 0.3) is 0 Å². The van der Waals surface area contributed by atoms with Gasteiger partial charge in [0, 0.05) is 17.0 Å². The van der Waals surface area contributed by atoms with E-state index in [4.69, 9.17) is 21.4 Å². The Morgan fingerprint density at radius 1 is 1.38 bits per heavy atom. The lowest BCUT2D eigenvalue weighted by atomic mass is 9.97. The average Bonchev–Trinajstić information content (AvgIpc) is 3.07. The molecule has 0 aliphatic carbocycles. The zero-order valence-corrected chi connectivity index (χ0v) is 13.4. The van der Waals surface area contributed by atoms with Crippen molar-refractivity contribution in [2.75, 3.05) is 0 Å². The molecule has 2 aliphatic rings. The molecule has 0 amide bonds. The maximum atomic E-state index is 6.16. The summed E-state index contributed by atoms with van der Waals surface area (Å²) in [6.45, 7) is 4.11. The van der Waals surface area contributed by atoms with Crippen molar-refractivity contribution in [3.8, 4) is 5.75 Å². The average molecular weight is 319 g/mol. The molecule has 0 saturated heterocycles. The summed E-state index contributed by atoms with van der Waals surface area (Å²) in [5.41, 5.74) is 1.79. The third-order valence-corrected chi connectivity index (χ3v) is 5.11. The molecule has 5 heteroatoms. The Balaban J connectivity index is 1.80. The fourth-order valence-corrected chi connectivity index (χ4v) is 3.93. The lowest BCUT2D eigenvalue weighted by Crippen LogP contribution is -2.48. The van der Waals surface area contributed by atoms with Gasteiger partial charge in [0.1, 0.15) is 5.75 Å². The number of hydrazone groups is 1. The summed E-state index contributed by atoms with van der Waals surface area (Å²) in [6.07, 6.45) is 0.890. The minimum absolute atomic E-state index is 0.194. The maximum absolute atomic E-state index is 6.16. The van der Waals surface area contributed by atoms with Gasteiger partial charge >= 0.3 is 0 Å². The third-order valence-electron chi connectivity index (χ3n) is 3.96. The van der Waals surface area contributed by atoms with Gasteiger partial charge in [-0.05, 0) is 43.5 Å². The van der Waals surface area contributed by atoms with E-state index < -0.39 is 5.72 Å².